The van der Waals surface area contributed by atoms with Crippen LogP contribution in [0.3, 0.4) is 0 Å². The zero-order chi connectivity index (χ0) is 6.24. The predicted molar refractivity (Wildman–Crippen MR) is 36.7 cm³/mol. The van der Waals surface area contributed by atoms with E-state index in [1.165, 1.54) is 0 Å². The van der Waals surface area contributed by atoms with Gasteiger partial charge in [0.15, 0.2) is 0 Å². The van der Waals surface area contributed by atoms with Gasteiger partial charge in [0.1, 0.15) is 0 Å². The molecule has 0 amide bonds. The summed E-state index contributed by atoms with van der Waals surface area (Å²) in [7, 11) is 0. The molecule has 0 rings (SSSR count). The molecule has 0 saturated carbocycles. The second-order valence-corrected chi connectivity index (χ2v) is 1.32. The van der Waals surface area contributed by atoms with Crippen molar-refractivity contribution in [2.75, 3.05) is 0 Å². The van der Waals surface area contributed by atoms with Gasteiger partial charge in [0.05, 0.1) is 0 Å². The van der Waals surface area contributed by atoms with Crippen molar-refractivity contribution in [3.05, 3.63) is 36.3 Å². The molecule has 0 fully saturated rings. The van der Waals surface area contributed by atoms with Gasteiger partial charge in [-0.25, -0.2) is 0 Å². The molecule has 0 spiro atoms. The maximum absolute atomic E-state index is 3.36. The Hall–Kier alpha value is -0.960. The lowest BCUT2D eigenvalue weighted by molar-refractivity contribution is 1.22. The monoisotopic (exact) mass is 106 g/mol. The summed E-state index contributed by atoms with van der Waals surface area (Å²) in [4.78, 5) is 0. The van der Waals surface area contributed by atoms with Gasteiger partial charge in [-0.05, 0) is 19.1 Å². The van der Waals surface area contributed by atoms with Crippen LogP contribution in [0.25, 0.3) is 0 Å². The number of hydrogen-bond acceptors (Lipinski definition) is 0. The van der Waals surface area contributed by atoms with E-state index in [1.54, 1.807) is 6.08 Å². The Morgan fingerprint density at radius 2 is 2.38 bits per heavy atom. The van der Waals surface area contributed by atoms with Gasteiger partial charge in [-0.2, -0.15) is 0 Å². The van der Waals surface area contributed by atoms with Gasteiger partial charge in [-0.3, -0.25) is 0 Å². The highest BCUT2D eigenvalue weighted by molar-refractivity contribution is 5.00. The highest BCUT2D eigenvalue weighted by Crippen LogP contribution is 1.78. The standard InChI is InChI=1S/C8H10/c1-3-5-7-8-6-4-2/h6-8H,1,4H2,2H3. The minimum Gasteiger partial charge on any atom is -0.0842 e. The average molecular weight is 106 g/mol. The quantitative estimate of drug-likeness (QED) is 0.374. The summed E-state index contributed by atoms with van der Waals surface area (Å²) in [5.74, 6) is 0. The van der Waals surface area contributed by atoms with Crippen LogP contribution >= 0.6 is 0 Å². The van der Waals surface area contributed by atoms with Gasteiger partial charge in [0.25, 0.3) is 0 Å². The van der Waals surface area contributed by atoms with E-state index in [2.05, 4.69) is 25.0 Å². The number of hydrogen-bond donors (Lipinski definition) is 0. The molecule has 0 unspecified atom stereocenters. The average Bonchev–Trinajstić information content (AvgIpc) is 1.81. The SMILES string of the molecule is C=C=C=CC=CCC. The first kappa shape index (κ1) is 7.04. The third-order valence-corrected chi connectivity index (χ3v) is 0.653. The van der Waals surface area contributed by atoms with Crippen molar-refractivity contribution >= 4 is 0 Å². The van der Waals surface area contributed by atoms with Gasteiger partial charge >= 0.3 is 0 Å². The normalized spacial score (nSPS) is 8.12. The van der Waals surface area contributed by atoms with E-state index in [0.717, 1.165) is 6.42 Å². The van der Waals surface area contributed by atoms with Crippen LogP contribution in [0.2, 0.25) is 0 Å². The lowest BCUT2D eigenvalue weighted by Crippen LogP contribution is -1.47. The zero-order valence-electron chi connectivity index (χ0n) is 5.15. The first-order valence-electron chi connectivity index (χ1n) is 2.67. The van der Waals surface area contributed by atoms with Gasteiger partial charge in [0.2, 0.25) is 0 Å². The predicted octanol–water partition coefficient (Wildman–Crippen LogP) is 2.45. The Morgan fingerprint density at radius 3 is 2.88 bits per heavy atom. The molecule has 0 nitrogen and oxygen atoms in total. The Bertz CT molecular complexity index is 139. The molecule has 0 heteroatoms. The third-order valence-electron chi connectivity index (χ3n) is 0.653. The molecule has 0 N–H and O–H groups in total. The summed E-state index contributed by atoms with van der Waals surface area (Å²) in [6, 6.07) is 0. The van der Waals surface area contributed by atoms with E-state index in [1.807, 2.05) is 12.2 Å². The Balaban J connectivity index is 3.59. The molecule has 0 atom stereocenters. The van der Waals surface area contributed by atoms with Crippen molar-refractivity contribution in [3.8, 4) is 0 Å². The van der Waals surface area contributed by atoms with Crippen molar-refractivity contribution in [2.45, 2.75) is 13.3 Å². The fourth-order valence-electron chi connectivity index (χ4n) is 0.311. The molecular weight excluding hydrogens is 96.1 g/mol. The molecule has 0 aromatic rings. The molecule has 0 aliphatic carbocycles. The second-order valence-electron chi connectivity index (χ2n) is 1.32. The lowest BCUT2D eigenvalue weighted by atomic mass is 10.4. The van der Waals surface area contributed by atoms with Gasteiger partial charge in [0, 0.05) is 0 Å². The highest BCUT2D eigenvalue weighted by Gasteiger charge is 1.57. The van der Waals surface area contributed by atoms with Crippen molar-refractivity contribution in [1.29, 1.82) is 0 Å². The maximum Gasteiger partial charge on any atom is -0.0119 e. The molecule has 42 valence electrons. The van der Waals surface area contributed by atoms with Crippen LogP contribution in [-0.4, -0.2) is 0 Å². The molecule has 0 aromatic carbocycles. The van der Waals surface area contributed by atoms with E-state index < -0.39 is 0 Å². The number of allylic oxidation sites excluding steroid dienone is 3. The van der Waals surface area contributed by atoms with Gasteiger partial charge in [-0.1, -0.05) is 30.5 Å². The van der Waals surface area contributed by atoms with Crippen LogP contribution in [0.1, 0.15) is 13.3 Å². The van der Waals surface area contributed by atoms with Crippen molar-refractivity contribution < 1.29 is 0 Å². The minimum absolute atomic E-state index is 1.06. The summed E-state index contributed by atoms with van der Waals surface area (Å²) >= 11 is 0. The summed E-state index contributed by atoms with van der Waals surface area (Å²) in [5.41, 5.74) is 5.23. The molecular formula is C8H10. The largest absolute Gasteiger partial charge is 0.0842 e. The van der Waals surface area contributed by atoms with Crippen LogP contribution in [0.15, 0.2) is 36.3 Å². The fourth-order valence-corrected chi connectivity index (χ4v) is 0.311. The van der Waals surface area contributed by atoms with E-state index in [0.29, 0.717) is 0 Å². The van der Waals surface area contributed by atoms with Crippen molar-refractivity contribution in [2.24, 2.45) is 0 Å². The van der Waals surface area contributed by atoms with Crippen LogP contribution in [-0.2, 0) is 0 Å². The molecule has 0 heterocycles. The Morgan fingerprint density at radius 1 is 1.62 bits per heavy atom. The van der Waals surface area contributed by atoms with Crippen LogP contribution in [0, 0.1) is 0 Å². The third kappa shape index (κ3) is 5.04. The summed E-state index contributed by atoms with van der Waals surface area (Å²) in [5, 5.41) is 0. The Kier molecular flexibility index (Phi) is 5.32. The molecule has 8 heavy (non-hydrogen) atoms. The molecule has 0 bridgehead atoms. The van der Waals surface area contributed by atoms with Crippen molar-refractivity contribution in [1.82, 2.24) is 0 Å². The highest BCUT2D eigenvalue weighted by atomic mass is 13.6. The summed E-state index contributed by atoms with van der Waals surface area (Å²) in [6.07, 6.45) is 6.83. The maximum atomic E-state index is 3.36. The van der Waals surface area contributed by atoms with Crippen molar-refractivity contribution in [3.63, 3.8) is 0 Å². The molecule has 0 aliphatic heterocycles. The molecule has 0 aliphatic rings. The van der Waals surface area contributed by atoms with Gasteiger partial charge < -0.3 is 0 Å². The smallest absolute Gasteiger partial charge is 0.0119 e. The molecule has 0 saturated heterocycles. The van der Waals surface area contributed by atoms with Crippen LogP contribution in [0.4, 0.5) is 0 Å². The minimum atomic E-state index is 1.06. The van der Waals surface area contributed by atoms with E-state index in [9.17, 15) is 0 Å². The van der Waals surface area contributed by atoms with E-state index in [4.69, 9.17) is 0 Å². The first-order valence-corrected chi connectivity index (χ1v) is 2.67. The lowest BCUT2D eigenvalue weighted by Gasteiger charge is -1.67. The second kappa shape index (κ2) is 6.04. The Labute approximate surface area is 50.5 Å². The summed E-state index contributed by atoms with van der Waals surface area (Å²) < 4.78 is 0. The first-order chi connectivity index (χ1) is 3.91. The van der Waals surface area contributed by atoms with E-state index >= 15 is 0 Å². The topological polar surface area (TPSA) is 0 Å². The van der Waals surface area contributed by atoms with Crippen LogP contribution < -0.4 is 0 Å². The molecule has 0 aromatic heterocycles. The fraction of sp³-hybridized carbons (Fsp3) is 0.250. The van der Waals surface area contributed by atoms with E-state index in [-0.39, 0.29) is 0 Å². The molecule has 0 radical (unpaired) electrons. The zero-order valence-corrected chi connectivity index (χ0v) is 5.15. The summed E-state index contributed by atoms with van der Waals surface area (Å²) in [6.45, 7) is 5.44. The van der Waals surface area contributed by atoms with Gasteiger partial charge in [-0.15, -0.1) is 0 Å². The van der Waals surface area contributed by atoms with Crippen LogP contribution in [0.5, 0.6) is 0 Å². The number of rotatable bonds is 2.